The molecule has 1 aliphatic rings. The third-order valence-electron chi connectivity index (χ3n) is 3.81. The van der Waals surface area contributed by atoms with Crippen molar-refractivity contribution in [2.75, 3.05) is 0 Å². The van der Waals surface area contributed by atoms with Gasteiger partial charge in [-0.1, -0.05) is 41.8 Å². The SMILES string of the molecule is CC1CCCC(C(N)c2ccc(F)cc2Br)C1. The van der Waals surface area contributed by atoms with Crippen LogP contribution in [0, 0.1) is 17.7 Å². The van der Waals surface area contributed by atoms with Gasteiger partial charge in [-0.15, -0.1) is 0 Å². The molecule has 1 aliphatic carbocycles. The van der Waals surface area contributed by atoms with E-state index in [4.69, 9.17) is 5.73 Å². The molecule has 1 saturated carbocycles. The number of halogens is 2. The van der Waals surface area contributed by atoms with Crippen molar-refractivity contribution in [2.45, 2.75) is 38.6 Å². The second-order valence-corrected chi connectivity index (χ2v) is 6.08. The predicted octanol–water partition coefficient (Wildman–Crippen LogP) is 4.41. The van der Waals surface area contributed by atoms with E-state index in [1.165, 1.54) is 37.8 Å². The average molecular weight is 300 g/mol. The van der Waals surface area contributed by atoms with Gasteiger partial charge in [-0.05, 0) is 42.4 Å². The summed E-state index contributed by atoms with van der Waals surface area (Å²) in [6.45, 7) is 2.29. The summed E-state index contributed by atoms with van der Waals surface area (Å²) in [5.74, 6) is 1.07. The topological polar surface area (TPSA) is 26.0 Å². The number of nitrogens with two attached hydrogens (primary N) is 1. The molecule has 1 fully saturated rings. The van der Waals surface area contributed by atoms with Gasteiger partial charge in [0.05, 0.1) is 0 Å². The first-order valence-corrected chi connectivity index (χ1v) is 7.07. The molecule has 0 heterocycles. The molecule has 3 atom stereocenters. The third kappa shape index (κ3) is 3.08. The fraction of sp³-hybridized carbons (Fsp3) is 0.571. The zero-order valence-electron chi connectivity index (χ0n) is 10.1. The molecule has 2 N–H and O–H groups in total. The zero-order chi connectivity index (χ0) is 12.4. The highest BCUT2D eigenvalue weighted by Crippen LogP contribution is 2.37. The zero-order valence-corrected chi connectivity index (χ0v) is 11.7. The Morgan fingerprint density at radius 3 is 2.82 bits per heavy atom. The fourth-order valence-corrected chi connectivity index (χ4v) is 3.45. The van der Waals surface area contributed by atoms with Crippen LogP contribution in [0.1, 0.15) is 44.2 Å². The summed E-state index contributed by atoms with van der Waals surface area (Å²) < 4.78 is 13.8. The average Bonchev–Trinajstić information content (AvgIpc) is 2.28. The lowest BCUT2D eigenvalue weighted by Gasteiger charge is -2.31. The molecule has 17 heavy (non-hydrogen) atoms. The van der Waals surface area contributed by atoms with Gasteiger partial charge in [0.25, 0.3) is 0 Å². The van der Waals surface area contributed by atoms with Crippen LogP contribution >= 0.6 is 15.9 Å². The molecule has 1 nitrogen and oxygen atoms in total. The molecular formula is C14H19BrFN. The van der Waals surface area contributed by atoms with E-state index < -0.39 is 0 Å². The van der Waals surface area contributed by atoms with Gasteiger partial charge in [-0.2, -0.15) is 0 Å². The Morgan fingerprint density at radius 1 is 1.41 bits per heavy atom. The van der Waals surface area contributed by atoms with Crippen molar-refractivity contribution in [3.8, 4) is 0 Å². The van der Waals surface area contributed by atoms with Gasteiger partial charge in [-0.3, -0.25) is 0 Å². The summed E-state index contributed by atoms with van der Waals surface area (Å²) in [4.78, 5) is 0. The Balaban J connectivity index is 2.15. The second-order valence-electron chi connectivity index (χ2n) is 5.22. The highest BCUT2D eigenvalue weighted by atomic mass is 79.9. The van der Waals surface area contributed by atoms with E-state index in [1.54, 1.807) is 0 Å². The maximum Gasteiger partial charge on any atom is 0.124 e. The van der Waals surface area contributed by atoms with Crippen molar-refractivity contribution >= 4 is 15.9 Å². The minimum absolute atomic E-state index is 0.0210. The van der Waals surface area contributed by atoms with E-state index in [2.05, 4.69) is 22.9 Å². The molecule has 94 valence electrons. The monoisotopic (exact) mass is 299 g/mol. The van der Waals surface area contributed by atoms with Crippen LogP contribution in [0.4, 0.5) is 4.39 Å². The Bertz CT molecular complexity index is 394. The molecule has 2 rings (SSSR count). The lowest BCUT2D eigenvalue weighted by molar-refractivity contribution is 0.247. The van der Waals surface area contributed by atoms with Crippen LogP contribution in [-0.2, 0) is 0 Å². The Hall–Kier alpha value is -0.410. The minimum atomic E-state index is -0.218. The van der Waals surface area contributed by atoms with Crippen molar-refractivity contribution < 1.29 is 4.39 Å². The normalized spacial score (nSPS) is 26.8. The van der Waals surface area contributed by atoms with E-state index in [0.717, 1.165) is 16.0 Å². The summed E-state index contributed by atoms with van der Waals surface area (Å²) in [7, 11) is 0. The molecule has 1 aromatic rings. The Labute approximate surface area is 111 Å². The van der Waals surface area contributed by atoms with E-state index in [-0.39, 0.29) is 11.9 Å². The second kappa shape index (κ2) is 5.49. The molecule has 0 amide bonds. The summed E-state index contributed by atoms with van der Waals surface area (Å²) >= 11 is 3.41. The highest BCUT2D eigenvalue weighted by molar-refractivity contribution is 9.10. The fourth-order valence-electron chi connectivity index (χ4n) is 2.83. The first kappa shape index (κ1) is 13.0. The molecule has 0 saturated heterocycles. The van der Waals surface area contributed by atoms with Gasteiger partial charge in [0, 0.05) is 10.5 Å². The first-order valence-electron chi connectivity index (χ1n) is 6.28. The minimum Gasteiger partial charge on any atom is -0.324 e. The molecule has 3 unspecified atom stereocenters. The van der Waals surface area contributed by atoms with Gasteiger partial charge in [-0.25, -0.2) is 4.39 Å². The van der Waals surface area contributed by atoms with Crippen LogP contribution in [0.3, 0.4) is 0 Å². The van der Waals surface area contributed by atoms with E-state index >= 15 is 0 Å². The van der Waals surface area contributed by atoms with Gasteiger partial charge in [0.1, 0.15) is 5.82 Å². The maximum atomic E-state index is 13.0. The van der Waals surface area contributed by atoms with Crippen molar-refractivity contribution in [3.05, 3.63) is 34.1 Å². The van der Waals surface area contributed by atoms with Gasteiger partial charge in [0.15, 0.2) is 0 Å². The van der Waals surface area contributed by atoms with Crippen LogP contribution in [0.5, 0.6) is 0 Å². The van der Waals surface area contributed by atoms with Crippen LogP contribution in [0.15, 0.2) is 22.7 Å². The van der Waals surface area contributed by atoms with Crippen molar-refractivity contribution in [3.63, 3.8) is 0 Å². The standard InChI is InChI=1S/C14H19BrFN/c1-9-3-2-4-10(7-9)14(17)12-6-5-11(16)8-13(12)15/h5-6,8-10,14H,2-4,7,17H2,1H3. The first-order chi connectivity index (χ1) is 8.08. The van der Waals surface area contributed by atoms with Crippen molar-refractivity contribution in [1.82, 2.24) is 0 Å². The Morgan fingerprint density at radius 2 is 2.18 bits per heavy atom. The van der Waals surface area contributed by atoms with E-state index in [1.807, 2.05) is 6.07 Å². The molecule has 0 spiro atoms. The lowest BCUT2D eigenvalue weighted by atomic mass is 9.77. The van der Waals surface area contributed by atoms with Crippen LogP contribution in [0.25, 0.3) is 0 Å². The van der Waals surface area contributed by atoms with Crippen molar-refractivity contribution in [2.24, 2.45) is 17.6 Å². The maximum absolute atomic E-state index is 13.0. The molecule has 0 radical (unpaired) electrons. The summed E-state index contributed by atoms with van der Waals surface area (Å²) in [5, 5.41) is 0. The van der Waals surface area contributed by atoms with Gasteiger partial charge in [0.2, 0.25) is 0 Å². The number of rotatable bonds is 2. The quantitative estimate of drug-likeness (QED) is 0.860. The molecule has 0 bridgehead atoms. The predicted molar refractivity (Wildman–Crippen MR) is 72.2 cm³/mol. The lowest BCUT2D eigenvalue weighted by Crippen LogP contribution is -2.26. The molecular weight excluding hydrogens is 281 g/mol. The Kier molecular flexibility index (Phi) is 4.21. The summed E-state index contributed by atoms with van der Waals surface area (Å²) in [6.07, 6.45) is 4.95. The van der Waals surface area contributed by atoms with Gasteiger partial charge >= 0.3 is 0 Å². The summed E-state index contributed by atoms with van der Waals surface area (Å²) in [5.41, 5.74) is 7.36. The van der Waals surface area contributed by atoms with E-state index in [9.17, 15) is 4.39 Å². The van der Waals surface area contributed by atoms with E-state index in [0.29, 0.717) is 5.92 Å². The number of benzene rings is 1. The molecule has 0 aromatic heterocycles. The molecule has 0 aliphatic heterocycles. The summed E-state index contributed by atoms with van der Waals surface area (Å²) in [6, 6.07) is 4.82. The van der Waals surface area contributed by atoms with Crippen molar-refractivity contribution in [1.29, 1.82) is 0 Å². The number of hydrogen-bond acceptors (Lipinski definition) is 1. The van der Waals surface area contributed by atoms with Crippen LogP contribution in [0.2, 0.25) is 0 Å². The van der Waals surface area contributed by atoms with Crippen LogP contribution in [-0.4, -0.2) is 0 Å². The third-order valence-corrected chi connectivity index (χ3v) is 4.49. The largest absolute Gasteiger partial charge is 0.324 e. The molecule has 3 heteroatoms. The molecule has 1 aromatic carbocycles. The number of hydrogen-bond donors (Lipinski definition) is 1. The van der Waals surface area contributed by atoms with Gasteiger partial charge < -0.3 is 5.73 Å². The van der Waals surface area contributed by atoms with Crippen LogP contribution < -0.4 is 5.73 Å². The highest BCUT2D eigenvalue weighted by Gasteiger charge is 2.26. The smallest absolute Gasteiger partial charge is 0.124 e.